The van der Waals surface area contributed by atoms with E-state index in [0.717, 1.165) is 17.7 Å². The Bertz CT molecular complexity index is 953. The second-order valence-electron chi connectivity index (χ2n) is 6.98. The number of aromatic nitrogens is 3. The SMILES string of the molecule is COc1ccc(CC(=O)Nc2nc3n(n2)[C@@H](c2ccccc2)C[C@H](C)N3)cc1. The summed E-state index contributed by atoms with van der Waals surface area (Å²) >= 11 is 0. The minimum atomic E-state index is -0.155. The van der Waals surface area contributed by atoms with Crippen molar-refractivity contribution < 1.29 is 9.53 Å². The third-order valence-corrected chi connectivity index (χ3v) is 4.84. The molecule has 1 amide bonds. The van der Waals surface area contributed by atoms with Crippen LogP contribution in [0.3, 0.4) is 0 Å². The predicted octanol–water partition coefficient (Wildman–Crippen LogP) is 3.26. The fourth-order valence-corrected chi connectivity index (χ4v) is 3.46. The third-order valence-electron chi connectivity index (χ3n) is 4.84. The van der Waals surface area contributed by atoms with Gasteiger partial charge in [-0.2, -0.15) is 4.98 Å². The molecule has 4 rings (SSSR count). The zero-order valence-corrected chi connectivity index (χ0v) is 15.9. The number of hydrogen-bond acceptors (Lipinski definition) is 5. The molecule has 7 nitrogen and oxygen atoms in total. The van der Waals surface area contributed by atoms with Crippen molar-refractivity contribution in [2.75, 3.05) is 17.7 Å². The standard InChI is InChI=1S/C21H23N5O2/c1-14-12-18(16-6-4-3-5-7-16)26-21(22-14)24-20(25-26)23-19(27)13-15-8-10-17(28-2)11-9-15/h3-11,14,18H,12-13H2,1-2H3,(H2,22,23,24,25,27)/t14-,18+/m0/s1. The van der Waals surface area contributed by atoms with E-state index in [1.807, 2.05) is 47.1 Å². The van der Waals surface area contributed by atoms with Gasteiger partial charge in [-0.25, -0.2) is 4.68 Å². The highest BCUT2D eigenvalue weighted by Gasteiger charge is 2.28. The van der Waals surface area contributed by atoms with Gasteiger partial charge in [-0.15, -0.1) is 5.10 Å². The molecule has 0 saturated carbocycles. The van der Waals surface area contributed by atoms with E-state index in [0.29, 0.717) is 11.9 Å². The summed E-state index contributed by atoms with van der Waals surface area (Å²) in [7, 11) is 1.62. The number of hydrogen-bond donors (Lipinski definition) is 2. The largest absolute Gasteiger partial charge is 0.497 e. The number of carbonyl (C=O) groups excluding carboxylic acids is 1. The summed E-state index contributed by atoms with van der Waals surface area (Å²) in [5.41, 5.74) is 2.08. The van der Waals surface area contributed by atoms with Crippen LogP contribution >= 0.6 is 0 Å². The summed E-state index contributed by atoms with van der Waals surface area (Å²) in [4.78, 5) is 16.9. The molecule has 28 heavy (non-hydrogen) atoms. The smallest absolute Gasteiger partial charge is 0.250 e. The normalized spacial score (nSPS) is 18.1. The molecule has 0 spiro atoms. The molecule has 2 atom stereocenters. The topological polar surface area (TPSA) is 81.1 Å². The first-order valence-electron chi connectivity index (χ1n) is 9.33. The van der Waals surface area contributed by atoms with Crippen molar-refractivity contribution in [3.8, 4) is 5.75 Å². The van der Waals surface area contributed by atoms with Crippen LogP contribution in [0, 0.1) is 0 Å². The van der Waals surface area contributed by atoms with Crippen LogP contribution in [0.1, 0.15) is 30.5 Å². The van der Waals surface area contributed by atoms with Gasteiger partial charge in [-0.1, -0.05) is 42.5 Å². The van der Waals surface area contributed by atoms with E-state index >= 15 is 0 Å². The summed E-state index contributed by atoms with van der Waals surface area (Å²) in [6, 6.07) is 18.0. The van der Waals surface area contributed by atoms with Gasteiger partial charge in [0.1, 0.15) is 5.75 Å². The Labute approximate surface area is 163 Å². The van der Waals surface area contributed by atoms with Crippen LogP contribution in [-0.2, 0) is 11.2 Å². The quantitative estimate of drug-likeness (QED) is 0.713. The van der Waals surface area contributed by atoms with E-state index in [-0.39, 0.29) is 24.4 Å². The average Bonchev–Trinajstić information content (AvgIpc) is 3.10. The highest BCUT2D eigenvalue weighted by atomic mass is 16.5. The molecule has 7 heteroatoms. The second kappa shape index (κ2) is 7.72. The van der Waals surface area contributed by atoms with Crippen LogP contribution in [0.4, 0.5) is 11.9 Å². The number of amides is 1. The Morgan fingerprint density at radius 3 is 2.68 bits per heavy atom. The van der Waals surface area contributed by atoms with Crippen molar-refractivity contribution in [1.82, 2.24) is 14.8 Å². The predicted molar refractivity (Wildman–Crippen MR) is 108 cm³/mol. The number of fused-ring (bicyclic) bond motifs is 1. The molecule has 0 radical (unpaired) electrons. The van der Waals surface area contributed by atoms with Gasteiger partial charge in [0.2, 0.25) is 11.9 Å². The van der Waals surface area contributed by atoms with Crippen molar-refractivity contribution in [1.29, 1.82) is 0 Å². The van der Waals surface area contributed by atoms with Crippen LogP contribution < -0.4 is 15.4 Å². The lowest BCUT2D eigenvalue weighted by Crippen LogP contribution is -2.31. The van der Waals surface area contributed by atoms with E-state index < -0.39 is 0 Å². The first-order valence-corrected chi connectivity index (χ1v) is 9.33. The maximum atomic E-state index is 12.4. The van der Waals surface area contributed by atoms with Crippen LogP contribution in [0.2, 0.25) is 0 Å². The molecule has 1 aromatic heterocycles. The third kappa shape index (κ3) is 3.83. The monoisotopic (exact) mass is 377 g/mol. The molecule has 144 valence electrons. The minimum Gasteiger partial charge on any atom is -0.497 e. The zero-order chi connectivity index (χ0) is 19.5. The molecule has 0 aliphatic carbocycles. The van der Waals surface area contributed by atoms with Gasteiger partial charge < -0.3 is 10.1 Å². The number of methoxy groups -OCH3 is 1. The summed E-state index contributed by atoms with van der Waals surface area (Å²) in [6.07, 6.45) is 1.15. The number of anilines is 2. The molecule has 3 aromatic rings. The second-order valence-corrected chi connectivity index (χ2v) is 6.98. The van der Waals surface area contributed by atoms with Crippen molar-refractivity contribution in [2.45, 2.75) is 31.8 Å². The first-order chi connectivity index (χ1) is 13.6. The van der Waals surface area contributed by atoms with E-state index in [2.05, 4.69) is 39.8 Å². The van der Waals surface area contributed by atoms with Crippen molar-refractivity contribution >= 4 is 17.8 Å². The van der Waals surface area contributed by atoms with E-state index in [9.17, 15) is 4.79 Å². The molecule has 1 aliphatic rings. The molecule has 2 N–H and O–H groups in total. The van der Waals surface area contributed by atoms with Crippen molar-refractivity contribution in [3.63, 3.8) is 0 Å². The average molecular weight is 377 g/mol. The van der Waals surface area contributed by atoms with Gasteiger partial charge >= 0.3 is 0 Å². The summed E-state index contributed by atoms with van der Waals surface area (Å²) in [6.45, 7) is 2.12. The number of nitrogens with one attached hydrogen (secondary N) is 2. The number of ether oxygens (including phenoxy) is 1. The van der Waals surface area contributed by atoms with Gasteiger partial charge in [0.15, 0.2) is 0 Å². The van der Waals surface area contributed by atoms with Crippen LogP contribution in [0.25, 0.3) is 0 Å². The summed E-state index contributed by atoms with van der Waals surface area (Å²) in [5, 5.41) is 10.7. The maximum Gasteiger partial charge on any atom is 0.250 e. The van der Waals surface area contributed by atoms with Crippen LogP contribution in [0.15, 0.2) is 54.6 Å². The van der Waals surface area contributed by atoms with Crippen molar-refractivity contribution in [3.05, 3.63) is 65.7 Å². The van der Waals surface area contributed by atoms with E-state index in [1.54, 1.807) is 7.11 Å². The Morgan fingerprint density at radius 1 is 1.21 bits per heavy atom. The lowest BCUT2D eigenvalue weighted by atomic mass is 9.99. The number of nitrogens with zero attached hydrogens (tertiary/aromatic N) is 3. The van der Waals surface area contributed by atoms with Gasteiger partial charge in [-0.05, 0) is 36.6 Å². The number of benzene rings is 2. The van der Waals surface area contributed by atoms with Gasteiger partial charge in [0.05, 0.1) is 19.6 Å². The molecule has 0 saturated heterocycles. The molecule has 0 bridgehead atoms. The lowest BCUT2D eigenvalue weighted by Gasteiger charge is -2.29. The minimum absolute atomic E-state index is 0.0900. The van der Waals surface area contributed by atoms with E-state index in [4.69, 9.17) is 4.74 Å². The molecule has 2 heterocycles. The number of carbonyl (C=O) groups is 1. The zero-order valence-electron chi connectivity index (χ0n) is 15.9. The Balaban J connectivity index is 1.50. The van der Waals surface area contributed by atoms with Crippen molar-refractivity contribution in [2.24, 2.45) is 0 Å². The van der Waals surface area contributed by atoms with Gasteiger partial charge in [-0.3, -0.25) is 10.1 Å². The fraction of sp³-hybridized carbons (Fsp3) is 0.286. The summed E-state index contributed by atoms with van der Waals surface area (Å²) < 4.78 is 7.00. The molecular formula is C21H23N5O2. The van der Waals surface area contributed by atoms with Gasteiger partial charge in [0, 0.05) is 6.04 Å². The van der Waals surface area contributed by atoms with E-state index in [1.165, 1.54) is 5.56 Å². The highest BCUT2D eigenvalue weighted by molar-refractivity contribution is 5.90. The van der Waals surface area contributed by atoms with Crippen LogP contribution in [0.5, 0.6) is 5.75 Å². The molecule has 0 fully saturated rings. The molecule has 0 unspecified atom stereocenters. The number of rotatable bonds is 5. The lowest BCUT2D eigenvalue weighted by molar-refractivity contribution is -0.115. The molecule has 2 aromatic carbocycles. The summed E-state index contributed by atoms with van der Waals surface area (Å²) in [5.74, 6) is 1.60. The Hall–Kier alpha value is -3.35. The van der Waals surface area contributed by atoms with Gasteiger partial charge in [0.25, 0.3) is 5.95 Å². The fourth-order valence-electron chi connectivity index (χ4n) is 3.46. The Morgan fingerprint density at radius 2 is 1.96 bits per heavy atom. The highest BCUT2D eigenvalue weighted by Crippen LogP contribution is 2.31. The molecule has 1 aliphatic heterocycles. The molecular weight excluding hydrogens is 354 g/mol. The Kier molecular flexibility index (Phi) is 4.97. The maximum absolute atomic E-state index is 12.4. The first kappa shape index (κ1) is 18.0. The van der Waals surface area contributed by atoms with Crippen LogP contribution in [-0.4, -0.2) is 33.8 Å².